The summed E-state index contributed by atoms with van der Waals surface area (Å²) in [5, 5.41) is 2.32. The molecule has 0 radical (unpaired) electrons. The minimum Gasteiger partial charge on any atom is -0.308 e. The van der Waals surface area contributed by atoms with E-state index in [1.807, 2.05) is 24.3 Å². The molecular formula is C68H53N5. The molecule has 12 aromatic rings. The molecule has 0 aliphatic heterocycles. The predicted molar refractivity (Wildman–Crippen MR) is 304 cm³/mol. The van der Waals surface area contributed by atoms with Gasteiger partial charge in [-0.15, -0.1) is 0 Å². The van der Waals surface area contributed by atoms with Gasteiger partial charge in [0.15, 0.2) is 11.6 Å². The van der Waals surface area contributed by atoms with Crippen molar-refractivity contribution >= 4 is 21.8 Å². The van der Waals surface area contributed by atoms with Gasteiger partial charge in [-0.25, -0.2) is 19.9 Å². The molecule has 73 heavy (non-hydrogen) atoms. The summed E-state index contributed by atoms with van der Waals surface area (Å²) in [4.78, 5) is 21.7. The second-order valence-corrected chi connectivity index (χ2v) is 19.5. The summed E-state index contributed by atoms with van der Waals surface area (Å²) in [7, 11) is 0. The molecule has 0 amide bonds. The van der Waals surface area contributed by atoms with Crippen molar-refractivity contribution in [3.05, 3.63) is 246 Å². The summed E-state index contributed by atoms with van der Waals surface area (Å²) >= 11 is 0. The number of hydrogen-bond acceptors (Lipinski definition) is 4. The van der Waals surface area contributed by atoms with Gasteiger partial charge in [0.1, 0.15) is 0 Å². The number of hydrogen-bond donors (Lipinski definition) is 0. The standard InChI is InChI=1S/C68H53N5/c1-42-33-44(3)65(45(4)34-42)52-27-30-55-56-31-28-53(66-46(5)35-43(2)36-47(66)6)39-64(56)73(63(55)38-52)62-32-29-54(67-69-58(48-19-11-7-12-20-48)40-59(70-67)49-21-13-8-14-22-49)37-57(62)68-71-60(50-23-15-9-16-24-50)41-61(72-68)51-25-17-10-18-26-51/h7-41H,1-6H3. The Kier molecular flexibility index (Phi) is 11.5. The van der Waals surface area contributed by atoms with E-state index < -0.39 is 0 Å². The summed E-state index contributed by atoms with van der Waals surface area (Å²) < 4.78 is 2.45. The fourth-order valence-corrected chi connectivity index (χ4v) is 11.1. The smallest absolute Gasteiger partial charge is 0.162 e. The number of nitrogens with zero attached hydrogens (tertiary/aromatic N) is 5. The Morgan fingerprint density at radius 3 is 1.00 bits per heavy atom. The van der Waals surface area contributed by atoms with Gasteiger partial charge in [-0.05, 0) is 129 Å². The highest BCUT2D eigenvalue weighted by Crippen LogP contribution is 2.43. The fourth-order valence-electron chi connectivity index (χ4n) is 11.1. The molecule has 0 N–H and O–H groups in total. The monoisotopic (exact) mass is 939 g/mol. The molecule has 12 rings (SSSR count). The lowest BCUT2D eigenvalue weighted by molar-refractivity contribution is 1.13. The van der Waals surface area contributed by atoms with Crippen molar-refractivity contribution < 1.29 is 0 Å². The van der Waals surface area contributed by atoms with Crippen molar-refractivity contribution in [2.75, 3.05) is 0 Å². The van der Waals surface area contributed by atoms with Gasteiger partial charge in [0.25, 0.3) is 0 Å². The second-order valence-electron chi connectivity index (χ2n) is 19.5. The summed E-state index contributed by atoms with van der Waals surface area (Å²) in [6.45, 7) is 13.3. The van der Waals surface area contributed by atoms with E-state index in [-0.39, 0.29) is 0 Å². The largest absolute Gasteiger partial charge is 0.308 e. The quantitative estimate of drug-likeness (QED) is 0.145. The molecule has 0 atom stereocenters. The minimum absolute atomic E-state index is 0.595. The Bertz CT molecular complexity index is 3790. The van der Waals surface area contributed by atoms with E-state index in [1.54, 1.807) is 0 Å². The molecule has 0 aliphatic carbocycles. The van der Waals surface area contributed by atoms with Gasteiger partial charge in [0.05, 0.1) is 39.5 Å². The maximum atomic E-state index is 5.52. The maximum Gasteiger partial charge on any atom is 0.162 e. The third kappa shape index (κ3) is 8.49. The summed E-state index contributed by atoms with van der Waals surface area (Å²) in [6.07, 6.45) is 0. The molecule has 0 spiro atoms. The molecule has 5 nitrogen and oxygen atoms in total. The lowest BCUT2D eigenvalue weighted by atomic mass is 9.92. The normalized spacial score (nSPS) is 11.4. The van der Waals surface area contributed by atoms with E-state index >= 15 is 0 Å². The number of benzene rings is 9. The zero-order chi connectivity index (χ0) is 49.7. The van der Waals surface area contributed by atoms with Crippen LogP contribution in [0, 0.1) is 41.5 Å². The van der Waals surface area contributed by atoms with E-state index in [9.17, 15) is 0 Å². The van der Waals surface area contributed by atoms with Crippen molar-refractivity contribution in [3.8, 4) is 95.7 Å². The first-order valence-electron chi connectivity index (χ1n) is 25.0. The van der Waals surface area contributed by atoms with Crippen LogP contribution in [0.2, 0.25) is 0 Å². The van der Waals surface area contributed by atoms with E-state index in [0.29, 0.717) is 11.6 Å². The molecule has 0 unspecified atom stereocenters. The van der Waals surface area contributed by atoms with Crippen LogP contribution in [0.25, 0.3) is 118 Å². The zero-order valence-corrected chi connectivity index (χ0v) is 41.9. The van der Waals surface area contributed by atoms with Crippen LogP contribution in [0.4, 0.5) is 0 Å². The Morgan fingerprint density at radius 2 is 0.630 bits per heavy atom. The molecule has 0 saturated carbocycles. The van der Waals surface area contributed by atoms with Crippen LogP contribution >= 0.6 is 0 Å². The van der Waals surface area contributed by atoms with Crippen LogP contribution in [0.1, 0.15) is 33.4 Å². The van der Waals surface area contributed by atoms with Crippen molar-refractivity contribution in [2.45, 2.75) is 41.5 Å². The summed E-state index contributed by atoms with van der Waals surface area (Å²) in [5.41, 5.74) is 24.6. The first kappa shape index (κ1) is 45.1. The SMILES string of the molecule is Cc1cc(C)c(-c2ccc3c4ccc(-c5c(C)cc(C)cc5C)cc4n(-c4ccc(-c5nc(-c6ccccc6)cc(-c6ccccc6)n5)cc4-c4nc(-c5ccccc5)cc(-c5ccccc5)n4)c3c2)c(C)c1. The molecule has 0 aliphatic rings. The lowest BCUT2D eigenvalue weighted by Gasteiger charge is -2.18. The number of aromatic nitrogens is 5. The van der Waals surface area contributed by atoms with E-state index in [1.165, 1.54) is 55.6 Å². The van der Waals surface area contributed by atoms with E-state index in [0.717, 1.165) is 83.6 Å². The maximum absolute atomic E-state index is 5.52. The van der Waals surface area contributed by atoms with Crippen molar-refractivity contribution in [2.24, 2.45) is 0 Å². The van der Waals surface area contributed by atoms with Crippen LogP contribution in [-0.2, 0) is 0 Å². The Hall–Kier alpha value is -9.06. The van der Waals surface area contributed by atoms with Gasteiger partial charge in [0, 0.05) is 44.2 Å². The number of aryl methyl sites for hydroxylation is 6. The Morgan fingerprint density at radius 1 is 0.288 bits per heavy atom. The third-order valence-corrected chi connectivity index (χ3v) is 14.2. The molecule has 350 valence electrons. The molecule has 5 heteroatoms. The highest BCUT2D eigenvalue weighted by atomic mass is 15.0. The highest BCUT2D eigenvalue weighted by Gasteiger charge is 2.23. The van der Waals surface area contributed by atoms with Gasteiger partial charge < -0.3 is 4.57 Å². The summed E-state index contributed by atoms with van der Waals surface area (Å²) in [6, 6.07) is 75.5. The zero-order valence-electron chi connectivity index (χ0n) is 41.9. The number of rotatable bonds is 9. The average Bonchev–Trinajstić information content (AvgIpc) is 3.74. The van der Waals surface area contributed by atoms with Crippen LogP contribution in [0.3, 0.4) is 0 Å². The Labute approximate surface area is 427 Å². The van der Waals surface area contributed by atoms with Crippen molar-refractivity contribution in [3.63, 3.8) is 0 Å². The topological polar surface area (TPSA) is 56.5 Å². The van der Waals surface area contributed by atoms with E-state index in [2.05, 4.69) is 234 Å². The average molecular weight is 940 g/mol. The number of fused-ring (bicyclic) bond motifs is 3. The first-order valence-corrected chi connectivity index (χ1v) is 25.0. The fraction of sp³-hybridized carbons (Fsp3) is 0.0882. The van der Waals surface area contributed by atoms with Crippen LogP contribution in [0.15, 0.2) is 212 Å². The van der Waals surface area contributed by atoms with Crippen LogP contribution in [0.5, 0.6) is 0 Å². The van der Waals surface area contributed by atoms with Crippen molar-refractivity contribution in [1.29, 1.82) is 0 Å². The second kappa shape index (κ2) is 18.6. The molecule has 9 aromatic carbocycles. The van der Waals surface area contributed by atoms with E-state index in [4.69, 9.17) is 19.9 Å². The molecule has 3 aromatic heterocycles. The lowest BCUT2D eigenvalue weighted by Crippen LogP contribution is -2.03. The van der Waals surface area contributed by atoms with Gasteiger partial charge in [-0.3, -0.25) is 0 Å². The predicted octanol–water partition coefficient (Wildman–Crippen LogP) is 17.6. The van der Waals surface area contributed by atoms with Gasteiger partial charge in [0.2, 0.25) is 0 Å². The van der Waals surface area contributed by atoms with Gasteiger partial charge >= 0.3 is 0 Å². The highest BCUT2D eigenvalue weighted by molar-refractivity contribution is 6.12. The Balaban J connectivity index is 1.19. The van der Waals surface area contributed by atoms with Gasteiger partial charge in [-0.1, -0.05) is 181 Å². The molecule has 0 bridgehead atoms. The molecular weight excluding hydrogens is 887 g/mol. The third-order valence-electron chi connectivity index (χ3n) is 14.2. The van der Waals surface area contributed by atoms with Gasteiger partial charge in [-0.2, -0.15) is 0 Å². The van der Waals surface area contributed by atoms with Crippen molar-refractivity contribution in [1.82, 2.24) is 24.5 Å². The molecule has 0 saturated heterocycles. The molecule has 0 fully saturated rings. The minimum atomic E-state index is 0.595. The summed E-state index contributed by atoms with van der Waals surface area (Å²) in [5.74, 6) is 1.20. The molecule has 3 heterocycles. The van der Waals surface area contributed by atoms with Crippen LogP contribution in [-0.4, -0.2) is 24.5 Å². The first-order chi connectivity index (χ1) is 35.6. The van der Waals surface area contributed by atoms with Crippen LogP contribution < -0.4 is 0 Å².